The third-order valence-corrected chi connectivity index (χ3v) is 4.47. The van der Waals surface area contributed by atoms with Gasteiger partial charge >= 0.3 is 0 Å². The lowest BCUT2D eigenvalue weighted by atomic mass is 9.74. The summed E-state index contributed by atoms with van der Waals surface area (Å²) >= 11 is 5.86. The molecule has 22 heavy (non-hydrogen) atoms. The first-order valence-corrected chi connectivity index (χ1v) is 7.75. The summed E-state index contributed by atoms with van der Waals surface area (Å²) in [6.45, 7) is 2.16. The Hall–Kier alpha value is -1.65. The van der Waals surface area contributed by atoms with E-state index in [-0.39, 0.29) is 11.2 Å². The molecule has 0 bridgehead atoms. The quantitative estimate of drug-likeness (QED) is 0.923. The molecule has 1 fully saturated rings. The maximum Gasteiger partial charge on any atom is 0.126 e. The number of halogens is 2. The number of pyridine rings is 1. The van der Waals surface area contributed by atoms with E-state index in [1.807, 2.05) is 24.3 Å². The molecule has 1 aromatic carbocycles. The first-order valence-electron chi connectivity index (χ1n) is 7.37. The maximum atomic E-state index is 13.2. The van der Waals surface area contributed by atoms with E-state index in [0.717, 1.165) is 30.8 Å². The molecule has 3 nitrogen and oxygen atoms in total. The molecule has 2 aromatic rings. The Morgan fingerprint density at radius 3 is 2.50 bits per heavy atom. The molecule has 0 spiro atoms. The fourth-order valence-electron chi connectivity index (χ4n) is 2.87. The Bertz CT molecular complexity index is 610. The summed E-state index contributed by atoms with van der Waals surface area (Å²) in [5.74, 6) is 0.579. The van der Waals surface area contributed by atoms with Crippen molar-refractivity contribution in [1.29, 1.82) is 0 Å². The van der Waals surface area contributed by atoms with Gasteiger partial charge in [-0.15, -0.1) is 0 Å². The number of anilines is 1. The average Bonchev–Trinajstić information content (AvgIpc) is 2.56. The van der Waals surface area contributed by atoms with Crippen molar-refractivity contribution in [3.05, 3.63) is 59.0 Å². The van der Waals surface area contributed by atoms with Gasteiger partial charge in [-0.2, -0.15) is 0 Å². The van der Waals surface area contributed by atoms with Crippen LogP contribution in [0.1, 0.15) is 18.4 Å². The minimum absolute atomic E-state index is 0.0622. The molecule has 1 aliphatic heterocycles. The molecule has 116 valence electrons. The second kappa shape index (κ2) is 6.63. The van der Waals surface area contributed by atoms with E-state index >= 15 is 0 Å². The van der Waals surface area contributed by atoms with Gasteiger partial charge in [-0.05, 0) is 42.7 Å². The topological polar surface area (TPSA) is 34.2 Å². The van der Waals surface area contributed by atoms with Gasteiger partial charge in [0.2, 0.25) is 0 Å². The molecule has 0 saturated carbocycles. The van der Waals surface area contributed by atoms with Crippen molar-refractivity contribution in [2.24, 2.45) is 0 Å². The van der Waals surface area contributed by atoms with Crippen LogP contribution >= 0.6 is 11.6 Å². The van der Waals surface area contributed by atoms with Crippen LogP contribution in [0.15, 0.2) is 42.6 Å². The predicted octanol–water partition coefficient (Wildman–Crippen LogP) is 4.03. The highest BCUT2D eigenvalue weighted by molar-refractivity contribution is 6.30. The minimum Gasteiger partial charge on any atom is -0.381 e. The van der Waals surface area contributed by atoms with E-state index in [2.05, 4.69) is 10.3 Å². The molecule has 0 atom stereocenters. The van der Waals surface area contributed by atoms with Crippen molar-refractivity contribution in [3.8, 4) is 0 Å². The lowest BCUT2D eigenvalue weighted by Crippen LogP contribution is -2.40. The predicted molar refractivity (Wildman–Crippen MR) is 85.9 cm³/mol. The lowest BCUT2D eigenvalue weighted by molar-refractivity contribution is 0.0543. The number of nitrogens with zero attached hydrogens (tertiary/aromatic N) is 1. The van der Waals surface area contributed by atoms with Crippen LogP contribution in [-0.4, -0.2) is 24.7 Å². The van der Waals surface area contributed by atoms with Gasteiger partial charge in [-0.25, -0.2) is 9.37 Å². The van der Waals surface area contributed by atoms with Crippen molar-refractivity contribution < 1.29 is 9.13 Å². The van der Waals surface area contributed by atoms with E-state index in [4.69, 9.17) is 16.3 Å². The summed E-state index contributed by atoms with van der Waals surface area (Å²) in [6, 6.07) is 10.5. The fourth-order valence-corrected chi connectivity index (χ4v) is 2.99. The zero-order chi connectivity index (χ0) is 15.4. The first-order chi connectivity index (χ1) is 10.7. The van der Waals surface area contributed by atoms with Crippen LogP contribution in [0, 0.1) is 5.82 Å². The summed E-state index contributed by atoms with van der Waals surface area (Å²) in [4.78, 5) is 4.27. The van der Waals surface area contributed by atoms with E-state index in [1.54, 1.807) is 6.20 Å². The third-order valence-electron chi connectivity index (χ3n) is 4.24. The first kappa shape index (κ1) is 15.3. The van der Waals surface area contributed by atoms with Gasteiger partial charge in [0, 0.05) is 31.4 Å². The molecule has 1 aliphatic rings. The Kier molecular flexibility index (Phi) is 4.60. The molecule has 0 radical (unpaired) electrons. The number of benzene rings is 1. The number of aromatic nitrogens is 1. The maximum absolute atomic E-state index is 13.2. The normalized spacial score (nSPS) is 17.2. The molecule has 0 amide bonds. The van der Waals surface area contributed by atoms with Crippen molar-refractivity contribution in [2.45, 2.75) is 18.3 Å². The second-order valence-electron chi connectivity index (χ2n) is 5.61. The summed E-state index contributed by atoms with van der Waals surface area (Å²) < 4.78 is 18.7. The SMILES string of the molecule is Fc1ccc(C2(CNc3ccc(Cl)cn3)CCOCC2)cc1. The van der Waals surface area contributed by atoms with Crippen LogP contribution in [-0.2, 0) is 10.2 Å². The molecule has 2 heterocycles. The summed E-state index contributed by atoms with van der Waals surface area (Å²) in [5, 5.41) is 3.99. The molecular weight excluding hydrogens is 303 g/mol. The Labute approximate surface area is 134 Å². The van der Waals surface area contributed by atoms with Gasteiger partial charge in [-0.3, -0.25) is 0 Å². The molecule has 1 N–H and O–H groups in total. The van der Waals surface area contributed by atoms with E-state index in [9.17, 15) is 4.39 Å². The highest BCUT2D eigenvalue weighted by atomic mass is 35.5. The highest BCUT2D eigenvalue weighted by Crippen LogP contribution is 2.35. The number of hydrogen-bond donors (Lipinski definition) is 1. The van der Waals surface area contributed by atoms with E-state index in [0.29, 0.717) is 18.2 Å². The van der Waals surface area contributed by atoms with Gasteiger partial charge in [0.15, 0.2) is 0 Å². The van der Waals surface area contributed by atoms with Gasteiger partial charge in [0.05, 0.1) is 5.02 Å². The van der Waals surface area contributed by atoms with Gasteiger partial charge in [0.1, 0.15) is 11.6 Å². The molecule has 0 aliphatic carbocycles. The van der Waals surface area contributed by atoms with Crippen molar-refractivity contribution >= 4 is 17.4 Å². The highest BCUT2D eigenvalue weighted by Gasteiger charge is 2.34. The van der Waals surface area contributed by atoms with E-state index < -0.39 is 0 Å². The number of rotatable bonds is 4. The summed E-state index contributed by atoms with van der Waals surface area (Å²) in [7, 11) is 0. The Morgan fingerprint density at radius 2 is 1.86 bits per heavy atom. The monoisotopic (exact) mass is 320 g/mol. The van der Waals surface area contributed by atoms with Crippen LogP contribution < -0.4 is 5.32 Å². The van der Waals surface area contributed by atoms with Gasteiger partial charge < -0.3 is 10.1 Å². The van der Waals surface area contributed by atoms with Gasteiger partial charge in [-0.1, -0.05) is 23.7 Å². The molecule has 1 saturated heterocycles. The summed E-state index contributed by atoms with van der Waals surface area (Å²) in [5.41, 5.74) is 1.08. The van der Waals surface area contributed by atoms with Crippen LogP contribution in [0.25, 0.3) is 0 Å². The largest absolute Gasteiger partial charge is 0.381 e. The smallest absolute Gasteiger partial charge is 0.126 e. The van der Waals surface area contributed by atoms with Gasteiger partial charge in [0.25, 0.3) is 0 Å². The van der Waals surface area contributed by atoms with Crippen LogP contribution in [0.3, 0.4) is 0 Å². The Morgan fingerprint density at radius 1 is 1.14 bits per heavy atom. The van der Waals surface area contributed by atoms with Crippen LogP contribution in [0.4, 0.5) is 10.2 Å². The summed E-state index contributed by atoms with van der Waals surface area (Å²) in [6.07, 6.45) is 3.43. The molecule has 1 aromatic heterocycles. The zero-order valence-electron chi connectivity index (χ0n) is 12.2. The standard InChI is InChI=1S/C17H18ClFN2O/c18-14-3-6-16(20-11-14)21-12-17(7-9-22-10-8-17)13-1-4-15(19)5-2-13/h1-6,11H,7-10,12H2,(H,20,21). The van der Waals surface area contributed by atoms with Crippen molar-refractivity contribution in [3.63, 3.8) is 0 Å². The average molecular weight is 321 g/mol. The van der Waals surface area contributed by atoms with Crippen LogP contribution in [0.2, 0.25) is 5.02 Å². The lowest BCUT2D eigenvalue weighted by Gasteiger charge is -2.38. The Balaban J connectivity index is 1.80. The molecule has 5 heteroatoms. The zero-order valence-corrected chi connectivity index (χ0v) is 12.9. The number of hydrogen-bond acceptors (Lipinski definition) is 3. The molecule has 0 unspecified atom stereocenters. The number of ether oxygens (including phenoxy) is 1. The van der Waals surface area contributed by atoms with Crippen molar-refractivity contribution in [1.82, 2.24) is 4.98 Å². The fraction of sp³-hybridized carbons (Fsp3) is 0.353. The molecular formula is C17H18ClFN2O. The van der Waals surface area contributed by atoms with Crippen LogP contribution in [0.5, 0.6) is 0 Å². The third kappa shape index (κ3) is 3.39. The molecule has 3 rings (SSSR count). The van der Waals surface area contributed by atoms with E-state index in [1.165, 1.54) is 12.1 Å². The second-order valence-corrected chi connectivity index (χ2v) is 6.05. The van der Waals surface area contributed by atoms with Crippen molar-refractivity contribution in [2.75, 3.05) is 25.1 Å². The number of nitrogens with one attached hydrogen (secondary N) is 1. The minimum atomic E-state index is -0.210.